The fourth-order valence-electron chi connectivity index (χ4n) is 1.87. The van der Waals surface area contributed by atoms with E-state index in [2.05, 4.69) is 21.2 Å². The number of hydrogen-bond acceptors (Lipinski definition) is 3. The third-order valence-corrected chi connectivity index (χ3v) is 3.34. The van der Waals surface area contributed by atoms with Gasteiger partial charge in [-0.05, 0) is 28.1 Å². The zero-order valence-corrected chi connectivity index (χ0v) is 10.3. The smallest absolute Gasteiger partial charge is 0.245 e. The van der Waals surface area contributed by atoms with Crippen molar-refractivity contribution in [2.75, 3.05) is 24.6 Å². The van der Waals surface area contributed by atoms with Crippen LogP contribution in [0.25, 0.3) is 0 Å². The van der Waals surface area contributed by atoms with Gasteiger partial charge in [0, 0.05) is 17.6 Å². The van der Waals surface area contributed by atoms with Crippen molar-refractivity contribution in [2.45, 2.75) is 6.04 Å². The fraction of sp³-hybridized carbons (Fsp3) is 0.364. The van der Waals surface area contributed by atoms with Gasteiger partial charge in [-0.3, -0.25) is 4.79 Å². The summed E-state index contributed by atoms with van der Waals surface area (Å²) in [6.07, 6.45) is 0. The topological polar surface area (TPSA) is 52.6 Å². The lowest BCUT2D eigenvalue weighted by Crippen LogP contribution is -2.57. The van der Waals surface area contributed by atoms with Crippen LogP contribution >= 0.6 is 15.9 Å². The van der Waals surface area contributed by atoms with Crippen LogP contribution in [0.15, 0.2) is 28.7 Å². The number of aliphatic hydroxyl groups is 1. The van der Waals surface area contributed by atoms with E-state index in [9.17, 15) is 9.90 Å². The highest BCUT2D eigenvalue weighted by Crippen LogP contribution is 2.27. The number of benzene rings is 1. The second kappa shape index (κ2) is 4.84. The minimum atomic E-state index is -0.493. The van der Waals surface area contributed by atoms with Crippen LogP contribution in [0, 0.1) is 0 Å². The van der Waals surface area contributed by atoms with Crippen LogP contribution in [0.5, 0.6) is 0 Å². The van der Waals surface area contributed by atoms with Crippen molar-refractivity contribution in [3.05, 3.63) is 28.7 Å². The molecule has 16 heavy (non-hydrogen) atoms. The highest BCUT2D eigenvalue weighted by atomic mass is 79.9. The Bertz CT molecular complexity index is 397. The molecule has 1 aliphatic rings. The fourth-order valence-corrected chi connectivity index (χ4v) is 2.38. The standard InChI is InChI=1S/C11H13BrN2O2/c12-8-3-1-2-4-9(8)14-6-5-13-11(16)10(14)7-15/h1-4,10,15H,5-7H2,(H,13,16). The normalized spacial score (nSPS) is 20.8. The first kappa shape index (κ1) is 11.4. The van der Waals surface area contributed by atoms with Crippen LogP contribution in [-0.2, 0) is 4.79 Å². The first-order valence-electron chi connectivity index (χ1n) is 5.14. The van der Waals surface area contributed by atoms with E-state index in [0.29, 0.717) is 13.1 Å². The number of rotatable bonds is 2. The maximum atomic E-state index is 11.6. The number of anilines is 1. The number of halogens is 1. The van der Waals surface area contributed by atoms with E-state index in [1.54, 1.807) is 0 Å². The molecule has 0 aliphatic carbocycles. The second-order valence-electron chi connectivity index (χ2n) is 3.63. The summed E-state index contributed by atoms with van der Waals surface area (Å²) in [5, 5.41) is 12.0. The van der Waals surface area contributed by atoms with E-state index in [0.717, 1.165) is 10.2 Å². The molecule has 0 saturated carbocycles. The molecule has 5 heteroatoms. The maximum Gasteiger partial charge on any atom is 0.245 e. The number of piperazine rings is 1. The predicted octanol–water partition coefficient (Wildman–Crippen LogP) is 0.746. The van der Waals surface area contributed by atoms with Crippen molar-refractivity contribution in [2.24, 2.45) is 0 Å². The molecule has 0 bridgehead atoms. The summed E-state index contributed by atoms with van der Waals surface area (Å²) in [5.41, 5.74) is 0.941. The summed E-state index contributed by atoms with van der Waals surface area (Å²) < 4.78 is 0.933. The summed E-state index contributed by atoms with van der Waals surface area (Å²) in [7, 11) is 0. The first-order chi connectivity index (χ1) is 7.74. The van der Waals surface area contributed by atoms with Crippen molar-refractivity contribution in [1.82, 2.24) is 5.32 Å². The number of carbonyl (C=O) groups excluding carboxylic acids is 1. The lowest BCUT2D eigenvalue weighted by molar-refractivity contribution is -0.124. The quantitative estimate of drug-likeness (QED) is 0.843. The van der Waals surface area contributed by atoms with Crippen LogP contribution in [0.3, 0.4) is 0 Å². The average molecular weight is 285 g/mol. The highest BCUT2D eigenvalue weighted by molar-refractivity contribution is 9.10. The van der Waals surface area contributed by atoms with Gasteiger partial charge in [-0.1, -0.05) is 12.1 Å². The zero-order chi connectivity index (χ0) is 11.5. The van der Waals surface area contributed by atoms with Crippen LogP contribution < -0.4 is 10.2 Å². The lowest BCUT2D eigenvalue weighted by atomic mass is 10.1. The molecule has 86 valence electrons. The van der Waals surface area contributed by atoms with E-state index in [-0.39, 0.29) is 12.5 Å². The van der Waals surface area contributed by atoms with Gasteiger partial charge < -0.3 is 15.3 Å². The third kappa shape index (κ3) is 2.05. The van der Waals surface area contributed by atoms with Gasteiger partial charge in [0.1, 0.15) is 6.04 Å². The lowest BCUT2D eigenvalue weighted by Gasteiger charge is -2.36. The molecule has 1 unspecified atom stereocenters. The molecule has 2 rings (SSSR count). The molecule has 1 aromatic carbocycles. The second-order valence-corrected chi connectivity index (χ2v) is 4.49. The maximum absolute atomic E-state index is 11.6. The van der Waals surface area contributed by atoms with Crippen molar-refractivity contribution < 1.29 is 9.90 Å². The van der Waals surface area contributed by atoms with E-state index in [1.807, 2.05) is 29.2 Å². The van der Waals surface area contributed by atoms with E-state index < -0.39 is 6.04 Å². The Hall–Kier alpha value is -1.07. The monoisotopic (exact) mass is 284 g/mol. The van der Waals surface area contributed by atoms with Gasteiger partial charge in [-0.25, -0.2) is 0 Å². The Morgan fingerprint density at radius 2 is 2.25 bits per heavy atom. The van der Waals surface area contributed by atoms with Gasteiger partial charge >= 0.3 is 0 Å². The van der Waals surface area contributed by atoms with Gasteiger partial charge in [-0.2, -0.15) is 0 Å². The highest BCUT2D eigenvalue weighted by Gasteiger charge is 2.29. The van der Waals surface area contributed by atoms with Gasteiger partial charge in [0.2, 0.25) is 5.91 Å². The molecule has 1 heterocycles. The molecule has 1 fully saturated rings. The van der Waals surface area contributed by atoms with Crippen LogP contribution in [0.4, 0.5) is 5.69 Å². The number of carbonyl (C=O) groups is 1. The SMILES string of the molecule is O=C1NCCN(c2ccccc2Br)C1CO. The molecule has 4 nitrogen and oxygen atoms in total. The Morgan fingerprint density at radius 3 is 2.94 bits per heavy atom. The van der Waals surface area contributed by atoms with Crippen molar-refractivity contribution >= 4 is 27.5 Å². The third-order valence-electron chi connectivity index (χ3n) is 2.67. The zero-order valence-electron chi connectivity index (χ0n) is 8.69. The molecule has 1 amide bonds. The Balaban J connectivity index is 2.31. The summed E-state index contributed by atoms with van der Waals surface area (Å²) >= 11 is 3.45. The molecule has 0 spiro atoms. The van der Waals surface area contributed by atoms with Crippen LogP contribution in [0.2, 0.25) is 0 Å². The van der Waals surface area contributed by atoms with E-state index >= 15 is 0 Å². The van der Waals surface area contributed by atoms with Crippen molar-refractivity contribution in [3.8, 4) is 0 Å². The van der Waals surface area contributed by atoms with Gasteiger partial charge in [0.15, 0.2) is 0 Å². The molecular weight excluding hydrogens is 272 g/mol. The van der Waals surface area contributed by atoms with E-state index in [1.165, 1.54) is 0 Å². The molecule has 1 saturated heterocycles. The summed E-state index contributed by atoms with van der Waals surface area (Å²) in [6.45, 7) is 1.14. The number of amides is 1. The summed E-state index contributed by atoms with van der Waals surface area (Å²) in [4.78, 5) is 13.5. The first-order valence-corrected chi connectivity index (χ1v) is 5.93. The van der Waals surface area contributed by atoms with E-state index in [4.69, 9.17) is 0 Å². The summed E-state index contributed by atoms with van der Waals surface area (Å²) in [5.74, 6) is -0.121. The minimum Gasteiger partial charge on any atom is -0.394 e. The molecule has 0 radical (unpaired) electrons. The van der Waals surface area contributed by atoms with Gasteiger partial charge in [-0.15, -0.1) is 0 Å². The molecule has 2 N–H and O–H groups in total. The Labute approximate surface area is 102 Å². The number of nitrogens with one attached hydrogen (secondary N) is 1. The van der Waals surface area contributed by atoms with Crippen LogP contribution in [-0.4, -0.2) is 36.8 Å². The molecular formula is C11H13BrN2O2. The summed E-state index contributed by atoms with van der Waals surface area (Å²) in [6, 6.07) is 7.21. The largest absolute Gasteiger partial charge is 0.394 e. The van der Waals surface area contributed by atoms with Crippen molar-refractivity contribution in [1.29, 1.82) is 0 Å². The van der Waals surface area contributed by atoms with Crippen molar-refractivity contribution in [3.63, 3.8) is 0 Å². The van der Waals surface area contributed by atoms with Crippen LogP contribution in [0.1, 0.15) is 0 Å². The van der Waals surface area contributed by atoms with Gasteiger partial charge in [0.05, 0.1) is 12.3 Å². The average Bonchev–Trinajstić information content (AvgIpc) is 2.29. The Kier molecular flexibility index (Phi) is 3.46. The number of para-hydroxylation sites is 1. The molecule has 1 aromatic rings. The number of hydrogen-bond donors (Lipinski definition) is 2. The molecule has 0 aromatic heterocycles. The minimum absolute atomic E-state index is 0.121. The molecule has 1 atom stereocenters. The Morgan fingerprint density at radius 1 is 1.50 bits per heavy atom. The number of aliphatic hydroxyl groups excluding tert-OH is 1. The van der Waals surface area contributed by atoms with Gasteiger partial charge in [0.25, 0.3) is 0 Å². The predicted molar refractivity (Wildman–Crippen MR) is 65.4 cm³/mol. The number of nitrogens with zero attached hydrogens (tertiary/aromatic N) is 1. The molecule has 1 aliphatic heterocycles.